The van der Waals surface area contributed by atoms with Crippen LogP contribution in [-0.4, -0.2) is 4.98 Å². The van der Waals surface area contributed by atoms with Gasteiger partial charge in [0.25, 0.3) is 0 Å². The number of hydrogen-bond donors (Lipinski definition) is 0. The minimum absolute atomic E-state index is 0.987. The number of halogens is 2. The van der Waals surface area contributed by atoms with Gasteiger partial charge in [-0.3, -0.25) is 0 Å². The minimum Gasteiger partial charge on any atom is -0.247 e. The molecule has 0 aliphatic carbocycles. The van der Waals surface area contributed by atoms with E-state index in [9.17, 15) is 0 Å². The van der Waals surface area contributed by atoms with E-state index in [0.29, 0.717) is 0 Å². The Kier molecular flexibility index (Phi) is 3.42. The van der Waals surface area contributed by atoms with Crippen molar-refractivity contribution in [1.29, 1.82) is 0 Å². The Morgan fingerprint density at radius 3 is 2.37 bits per heavy atom. The second-order valence-electron chi connectivity index (χ2n) is 4.52. The van der Waals surface area contributed by atoms with Gasteiger partial charge < -0.3 is 0 Å². The van der Waals surface area contributed by atoms with Crippen LogP contribution in [0.3, 0.4) is 0 Å². The van der Waals surface area contributed by atoms with E-state index in [4.69, 9.17) is 4.98 Å². The molecule has 0 spiro atoms. The molecular formula is C16H11Br2N. The molecule has 0 aliphatic rings. The fourth-order valence-electron chi connectivity index (χ4n) is 2.04. The first-order valence-electron chi connectivity index (χ1n) is 5.96. The predicted octanol–water partition coefficient (Wildman–Crippen LogP) is 5.74. The first-order chi connectivity index (χ1) is 9.13. The molecule has 94 valence electrons. The van der Waals surface area contributed by atoms with Crippen LogP contribution >= 0.6 is 31.9 Å². The Hall–Kier alpha value is -1.19. The monoisotopic (exact) mass is 375 g/mol. The van der Waals surface area contributed by atoms with Gasteiger partial charge >= 0.3 is 0 Å². The largest absolute Gasteiger partial charge is 0.247 e. The second-order valence-corrected chi connectivity index (χ2v) is 6.29. The summed E-state index contributed by atoms with van der Waals surface area (Å²) in [5, 5.41) is 1.12. The third-order valence-electron chi connectivity index (χ3n) is 3.06. The van der Waals surface area contributed by atoms with E-state index >= 15 is 0 Å². The Balaban J connectivity index is 2.19. The van der Waals surface area contributed by atoms with Gasteiger partial charge in [-0.05, 0) is 41.1 Å². The van der Waals surface area contributed by atoms with Gasteiger partial charge in [0, 0.05) is 19.9 Å². The van der Waals surface area contributed by atoms with Crippen LogP contribution in [0.5, 0.6) is 0 Å². The van der Waals surface area contributed by atoms with Crippen molar-refractivity contribution in [3.05, 3.63) is 63.0 Å². The molecule has 0 unspecified atom stereocenters. The zero-order valence-electron chi connectivity index (χ0n) is 10.3. The number of hydrogen-bond acceptors (Lipinski definition) is 1. The molecule has 19 heavy (non-hydrogen) atoms. The lowest BCUT2D eigenvalue weighted by molar-refractivity contribution is 1.37. The summed E-state index contributed by atoms with van der Waals surface area (Å²) in [5.74, 6) is 0. The van der Waals surface area contributed by atoms with Crippen LogP contribution in [0.25, 0.3) is 22.2 Å². The molecule has 1 heterocycles. The maximum atomic E-state index is 4.75. The van der Waals surface area contributed by atoms with Crippen LogP contribution in [-0.2, 0) is 0 Å². The Bertz CT molecular complexity index is 749. The summed E-state index contributed by atoms with van der Waals surface area (Å²) in [6.45, 7) is 2.09. The number of pyridine rings is 1. The Morgan fingerprint density at radius 2 is 1.63 bits per heavy atom. The van der Waals surface area contributed by atoms with Gasteiger partial charge in [-0.1, -0.05) is 51.8 Å². The van der Waals surface area contributed by atoms with Crippen LogP contribution < -0.4 is 0 Å². The van der Waals surface area contributed by atoms with Crippen LogP contribution in [0.4, 0.5) is 0 Å². The topological polar surface area (TPSA) is 12.9 Å². The molecule has 0 bridgehead atoms. The van der Waals surface area contributed by atoms with E-state index in [2.05, 4.69) is 81.2 Å². The number of rotatable bonds is 1. The van der Waals surface area contributed by atoms with Crippen molar-refractivity contribution in [3.8, 4) is 11.3 Å². The highest BCUT2D eigenvalue weighted by molar-refractivity contribution is 9.11. The zero-order valence-corrected chi connectivity index (χ0v) is 13.5. The molecule has 0 fully saturated rings. The van der Waals surface area contributed by atoms with Crippen LogP contribution in [0, 0.1) is 6.92 Å². The number of aryl methyl sites for hydroxylation is 1. The van der Waals surface area contributed by atoms with Gasteiger partial charge in [0.1, 0.15) is 0 Å². The van der Waals surface area contributed by atoms with Crippen LogP contribution in [0.1, 0.15) is 5.56 Å². The molecule has 0 atom stereocenters. The molecule has 2 aromatic carbocycles. The van der Waals surface area contributed by atoms with Crippen molar-refractivity contribution in [2.45, 2.75) is 6.92 Å². The first-order valence-corrected chi connectivity index (χ1v) is 7.55. The summed E-state index contributed by atoms with van der Waals surface area (Å²) in [5.41, 5.74) is 4.38. The molecule has 0 N–H and O–H groups in total. The maximum absolute atomic E-state index is 4.75. The molecule has 1 aromatic heterocycles. The molecular weight excluding hydrogens is 366 g/mol. The van der Waals surface area contributed by atoms with Crippen LogP contribution in [0.2, 0.25) is 0 Å². The fraction of sp³-hybridized carbons (Fsp3) is 0.0625. The summed E-state index contributed by atoms with van der Waals surface area (Å²) in [7, 11) is 0. The van der Waals surface area contributed by atoms with Crippen molar-refractivity contribution in [2.24, 2.45) is 0 Å². The number of aromatic nitrogens is 1. The third-order valence-corrected chi connectivity index (χ3v) is 4.12. The quantitative estimate of drug-likeness (QED) is 0.528. The van der Waals surface area contributed by atoms with E-state index in [-0.39, 0.29) is 0 Å². The predicted molar refractivity (Wildman–Crippen MR) is 87.3 cm³/mol. The molecule has 0 radical (unpaired) electrons. The molecule has 0 saturated heterocycles. The lowest BCUT2D eigenvalue weighted by Crippen LogP contribution is -1.87. The third kappa shape index (κ3) is 2.58. The molecule has 0 aliphatic heterocycles. The highest BCUT2D eigenvalue weighted by atomic mass is 79.9. The number of nitrogens with zero attached hydrogens (tertiary/aromatic N) is 1. The van der Waals surface area contributed by atoms with Gasteiger partial charge in [-0.15, -0.1) is 0 Å². The summed E-state index contributed by atoms with van der Waals surface area (Å²) in [6, 6.07) is 16.7. The second kappa shape index (κ2) is 5.06. The van der Waals surface area contributed by atoms with Gasteiger partial charge in [0.15, 0.2) is 0 Å². The Labute approximate surface area is 128 Å². The van der Waals surface area contributed by atoms with E-state index in [1.165, 1.54) is 5.56 Å². The molecule has 3 heteroatoms. The minimum atomic E-state index is 0.987. The van der Waals surface area contributed by atoms with Crippen molar-refractivity contribution < 1.29 is 0 Å². The SMILES string of the molecule is Cc1ccc(-c2ccc3cc(Br)cc(Br)c3n2)cc1. The lowest BCUT2D eigenvalue weighted by Gasteiger charge is -2.06. The van der Waals surface area contributed by atoms with Gasteiger partial charge in [0.2, 0.25) is 0 Å². The zero-order chi connectivity index (χ0) is 13.4. The van der Waals surface area contributed by atoms with E-state index in [1.54, 1.807) is 0 Å². The molecule has 3 rings (SSSR count). The number of fused-ring (bicyclic) bond motifs is 1. The summed E-state index contributed by atoms with van der Waals surface area (Å²) >= 11 is 7.07. The smallest absolute Gasteiger partial charge is 0.0852 e. The van der Waals surface area contributed by atoms with Gasteiger partial charge in [-0.25, -0.2) is 4.98 Å². The summed E-state index contributed by atoms with van der Waals surface area (Å²) < 4.78 is 2.06. The highest BCUT2D eigenvalue weighted by Gasteiger charge is 2.05. The van der Waals surface area contributed by atoms with E-state index < -0.39 is 0 Å². The van der Waals surface area contributed by atoms with Gasteiger partial charge in [0.05, 0.1) is 11.2 Å². The molecule has 0 saturated carbocycles. The maximum Gasteiger partial charge on any atom is 0.0852 e. The summed E-state index contributed by atoms with van der Waals surface area (Å²) in [4.78, 5) is 4.75. The Morgan fingerprint density at radius 1 is 0.895 bits per heavy atom. The molecule has 1 nitrogen and oxygen atoms in total. The van der Waals surface area contributed by atoms with E-state index in [0.717, 1.165) is 31.1 Å². The molecule has 0 amide bonds. The average Bonchev–Trinajstić information content (AvgIpc) is 2.39. The van der Waals surface area contributed by atoms with Crippen molar-refractivity contribution in [3.63, 3.8) is 0 Å². The number of benzene rings is 2. The van der Waals surface area contributed by atoms with Gasteiger partial charge in [-0.2, -0.15) is 0 Å². The highest BCUT2D eigenvalue weighted by Crippen LogP contribution is 2.29. The normalized spacial score (nSPS) is 10.9. The molecule has 3 aromatic rings. The lowest BCUT2D eigenvalue weighted by atomic mass is 10.1. The standard InChI is InChI=1S/C16H11Br2N/c1-10-2-4-11(5-3-10)15-7-6-12-8-13(17)9-14(18)16(12)19-15/h2-9H,1H3. The van der Waals surface area contributed by atoms with E-state index in [1.807, 2.05) is 6.07 Å². The van der Waals surface area contributed by atoms with Crippen molar-refractivity contribution in [2.75, 3.05) is 0 Å². The van der Waals surface area contributed by atoms with Crippen LogP contribution in [0.15, 0.2) is 57.5 Å². The van der Waals surface area contributed by atoms with Crippen molar-refractivity contribution >= 4 is 42.8 Å². The average molecular weight is 377 g/mol. The first kappa shape index (κ1) is 12.8. The summed E-state index contributed by atoms with van der Waals surface area (Å²) in [6.07, 6.45) is 0. The van der Waals surface area contributed by atoms with Crippen molar-refractivity contribution in [1.82, 2.24) is 4.98 Å². The fourth-order valence-corrected chi connectivity index (χ4v) is 3.39.